The Morgan fingerprint density at radius 1 is 1.56 bits per heavy atom. The summed E-state index contributed by atoms with van der Waals surface area (Å²) in [4.78, 5) is 18.3. The maximum atomic E-state index is 12.0. The van der Waals surface area contributed by atoms with E-state index >= 15 is 0 Å². The van der Waals surface area contributed by atoms with Crippen molar-refractivity contribution in [2.24, 2.45) is 0 Å². The van der Waals surface area contributed by atoms with Gasteiger partial charge in [0.1, 0.15) is 6.04 Å². The van der Waals surface area contributed by atoms with Gasteiger partial charge in [-0.3, -0.25) is 4.98 Å². The third-order valence-corrected chi connectivity index (χ3v) is 3.36. The highest BCUT2D eigenvalue weighted by Crippen LogP contribution is 2.27. The summed E-state index contributed by atoms with van der Waals surface area (Å²) in [6.07, 6.45) is 6.70. The maximum absolute atomic E-state index is 12.0. The summed E-state index contributed by atoms with van der Waals surface area (Å²) in [7, 11) is 0. The van der Waals surface area contributed by atoms with Crippen molar-refractivity contribution in [2.75, 3.05) is 18.1 Å². The van der Waals surface area contributed by atoms with E-state index in [0.29, 0.717) is 6.61 Å². The van der Waals surface area contributed by atoms with Gasteiger partial charge >= 0.3 is 5.97 Å². The lowest BCUT2D eigenvalue weighted by atomic mass is 10.0. The van der Waals surface area contributed by atoms with Gasteiger partial charge in [0.2, 0.25) is 0 Å². The number of anilines is 1. The van der Waals surface area contributed by atoms with E-state index in [4.69, 9.17) is 4.74 Å². The molecule has 1 aliphatic heterocycles. The van der Waals surface area contributed by atoms with E-state index in [1.54, 1.807) is 6.20 Å². The molecule has 4 nitrogen and oxygen atoms in total. The van der Waals surface area contributed by atoms with Crippen LogP contribution < -0.4 is 4.90 Å². The molecule has 2 heterocycles. The molecule has 1 aromatic heterocycles. The number of carbonyl (C=O) groups is 1. The zero-order valence-corrected chi connectivity index (χ0v) is 11.1. The Morgan fingerprint density at radius 2 is 2.39 bits per heavy atom. The zero-order valence-electron chi connectivity index (χ0n) is 11.1. The third kappa shape index (κ3) is 2.63. The van der Waals surface area contributed by atoms with E-state index in [9.17, 15) is 4.79 Å². The minimum absolute atomic E-state index is 0.103. The average molecular weight is 248 g/mol. The van der Waals surface area contributed by atoms with Crippen molar-refractivity contribution < 1.29 is 9.53 Å². The molecule has 0 bridgehead atoms. The predicted molar refractivity (Wildman–Crippen MR) is 70.6 cm³/mol. The number of carbonyl (C=O) groups excluding carboxylic acids is 1. The predicted octanol–water partition coefficient (Wildman–Crippen LogP) is 2.31. The second-order valence-corrected chi connectivity index (χ2v) is 4.62. The fourth-order valence-corrected chi connectivity index (χ4v) is 2.49. The quantitative estimate of drug-likeness (QED) is 0.770. The van der Waals surface area contributed by atoms with Crippen LogP contribution >= 0.6 is 0 Å². The van der Waals surface area contributed by atoms with Gasteiger partial charge in [-0.15, -0.1) is 0 Å². The smallest absolute Gasteiger partial charge is 0.328 e. The first-order chi connectivity index (χ1) is 8.74. The molecule has 0 N–H and O–H groups in total. The van der Waals surface area contributed by atoms with Crippen molar-refractivity contribution in [1.29, 1.82) is 0 Å². The number of hydrogen-bond acceptors (Lipinski definition) is 4. The molecule has 98 valence electrons. The van der Waals surface area contributed by atoms with Crippen LogP contribution in [0.5, 0.6) is 0 Å². The van der Waals surface area contributed by atoms with Gasteiger partial charge in [-0.2, -0.15) is 0 Å². The number of hydrogen-bond donors (Lipinski definition) is 0. The number of rotatable bonds is 3. The van der Waals surface area contributed by atoms with Crippen LogP contribution in [-0.2, 0) is 9.53 Å². The number of esters is 1. The van der Waals surface area contributed by atoms with Crippen LogP contribution in [0.2, 0.25) is 0 Å². The van der Waals surface area contributed by atoms with Gasteiger partial charge in [0.05, 0.1) is 6.61 Å². The molecule has 1 saturated heterocycles. The first kappa shape index (κ1) is 12.9. The molecule has 1 unspecified atom stereocenters. The molecule has 0 spiro atoms. The summed E-state index contributed by atoms with van der Waals surface area (Å²) >= 11 is 0. The van der Waals surface area contributed by atoms with Crippen molar-refractivity contribution in [3.63, 3.8) is 0 Å². The Morgan fingerprint density at radius 3 is 3.11 bits per heavy atom. The van der Waals surface area contributed by atoms with Crippen molar-refractivity contribution in [1.82, 2.24) is 4.98 Å². The molecular weight excluding hydrogens is 228 g/mol. The monoisotopic (exact) mass is 248 g/mol. The Hall–Kier alpha value is -1.58. The zero-order chi connectivity index (χ0) is 13.0. The summed E-state index contributed by atoms with van der Waals surface area (Å²) in [5, 5.41) is 0. The van der Waals surface area contributed by atoms with Gasteiger partial charge in [0.25, 0.3) is 0 Å². The van der Waals surface area contributed by atoms with E-state index < -0.39 is 0 Å². The lowest BCUT2D eigenvalue weighted by Gasteiger charge is -2.36. The van der Waals surface area contributed by atoms with Gasteiger partial charge in [0, 0.05) is 24.6 Å². The van der Waals surface area contributed by atoms with Crippen LogP contribution in [0.1, 0.15) is 31.7 Å². The van der Waals surface area contributed by atoms with Crippen LogP contribution in [0.25, 0.3) is 0 Å². The van der Waals surface area contributed by atoms with Gasteiger partial charge in [0.15, 0.2) is 0 Å². The summed E-state index contributed by atoms with van der Waals surface area (Å²) in [5.74, 6) is -0.103. The first-order valence-electron chi connectivity index (χ1n) is 6.58. The lowest BCUT2D eigenvalue weighted by molar-refractivity contribution is -0.145. The van der Waals surface area contributed by atoms with Crippen LogP contribution in [0.4, 0.5) is 5.69 Å². The standard InChI is InChI=1S/C14H20N2O2/c1-3-18-14(17)13-6-4-5-9-16(13)12-7-8-15-10-11(12)2/h7-8,10,13H,3-6,9H2,1-2H3. The average Bonchev–Trinajstić information content (AvgIpc) is 2.40. The summed E-state index contributed by atoms with van der Waals surface area (Å²) in [6.45, 7) is 5.23. The van der Waals surface area contributed by atoms with Crippen LogP contribution in [0, 0.1) is 6.92 Å². The van der Waals surface area contributed by atoms with E-state index in [1.165, 1.54) is 0 Å². The second-order valence-electron chi connectivity index (χ2n) is 4.62. The van der Waals surface area contributed by atoms with Crippen LogP contribution in [0.15, 0.2) is 18.5 Å². The highest BCUT2D eigenvalue weighted by Gasteiger charge is 2.30. The van der Waals surface area contributed by atoms with Gasteiger partial charge < -0.3 is 9.64 Å². The van der Waals surface area contributed by atoms with E-state index in [-0.39, 0.29) is 12.0 Å². The number of aryl methyl sites for hydroxylation is 1. The number of nitrogens with zero attached hydrogens (tertiary/aromatic N) is 2. The van der Waals surface area contributed by atoms with Gasteiger partial charge in [-0.25, -0.2) is 4.79 Å². The Balaban J connectivity index is 2.23. The van der Waals surface area contributed by atoms with Crippen molar-refractivity contribution in [2.45, 2.75) is 39.2 Å². The minimum Gasteiger partial charge on any atom is -0.464 e. The van der Waals surface area contributed by atoms with Crippen molar-refractivity contribution >= 4 is 11.7 Å². The fourth-order valence-electron chi connectivity index (χ4n) is 2.49. The fraction of sp³-hybridized carbons (Fsp3) is 0.571. The molecular formula is C14H20N2O2. The number of ether oxygens (including phenoxy) is 1. The van der Waals surface area contributed by atoms with Crippen LogP contribution in [0.3, 0.4) is 0 Å². The van der Waals surface area contributed by atoms with E-state index in [2.05, 4.69) is 9.88 Å². The van der Waals surface area contributed by atoms with Gasteiger partial charge in [-0.05, 0) is 44.7 Å². The molecule has 0 aliphatic carbocycles. The summed E-state index contributed by atoms with van der Waals surface area (Å²) < 4.78 is 5.18. The Kier molecular flexibility index (Phi) is 4.18. The van der Waals surface area contributed by atoms with Crippen molar-refractivity contribution in [3.05, 3.63) is 24.0 Å². The molecule has 0 aromatic carbocycles. The van der Waals surface area contributed by atoms with Crippen LogP contribution in [-0.4, -0.2) is 30.1 Å². The molecule has 0 radical (unpaired) electrons. The molecule has 0 saturated carbocycles. The molecule has 1 aliphatic rings. The maximum Gasteiger partial charge on any atom is 0.328 e. The molecule has 1 fully saturated rings. The molecule has 0 amide bonds. The first-order valence-corrected chi connectivity index (χ1v) is 6.58. The second kappa shape index (κ2) is 5.85. The number of piperidine rings is 1. The topological polar surface area (TPSA) is 42.4 Å². The Labute approximate surface area is 108 Å². The highest BCUT2D eigenvalue weighted by molar-refractivity contribution is 5.80. The van der Waals surface area contributed by atoms with Crippen molar-refractivity contribution in [3.8, 4) is 0 Å². The largest absolute Gasteiger partial charge is 0.464 e. The van der Waals surface area contributed by atoms with E-state index in [0.717, 1.165) is 37.1 Å². The molecule has 1 aromatic rings. The molecule has 1 atom stereocenters. The number of pyridine rings is 1. The van der Waals surface area contributed by atoms with E-state index in [1.807, 2.05) is 26.1 Å². The minimum atomic E-state index is -0.139. The highest BCUT2D eigenvalue weighted by atomic mass is 16.5. The van der Waals surface area contributed by atoms with Gasteiger partial charge in [-0.1, -0.05) is 0 Å². The third-order valence-electron chi connectivity index (χ3n) is 3.36. The normalized spacial score (nSPS) is 19.7. The molecule has 18 heavy (non-hydrogen) atoms. The summed E-state index contributed by atoms with van der Waals surface area (Å²) in [6, 6.07) is 1.84. The SMILES string of the molecule is CCOC(=O)C1CCCCN1c1ccncc1C. The Bertz CT molecular complexity index is 420. The molecule has 2 rings (SSSR count). The lowest BCUT2D eigenvalue weighted by Crippen LogP contribution is -2.46. The number of aromatic nitrogens is 1. The summed E-state index contributed by atoms with van der Waals surface area (Å²) in [5.41, 5.74) is 2.21. The molecule has 4 heteroatoms.